The molecule has 1 aromatic heterocycles. The van der Waals surface area contributed by atoms with E-state index in [0.29, 0.717) is 17.1 Å². The smallest absolute Gasteiger partial charge is 0.254 e. The highest BCUT2D eigenvalue weighted by atomic mass is 19.1. The molecule has 1 amide bonds. The molecule has 1 saturated heterocycles. The number of halogens is 1. The average Bonchev–Trinajstić information content (AvgIpc) is 3.20. The topological polar surface area (TPSA) is 42.4 Å². The van der Waals surface area contributed by atoms with E-state index in [-0.39, 0.29) is 17.8 Å². The first-order valence-electron chi connectivity index (χ1n) is 8.95. The lowest BCUT2D eigenvalue weighted by atomic mass is 10.1. The maximum absolute atomic E-state index is 13.0. The first-order chi connectivity index (χ1) is 13.2. The van der Waals surface area contributed by atoms with Gasteiger partial charge in [0.25, 0.3) is 5.91 Å². The molecule has 3 aromatic rings. The SMILES string of the molecule is O=C(c1ccc(Oc2ccc(F)cc2)cc1)N1CCCC1c1ccncc1. The van der Waals surface area contributed by atoms with Gasteiger partial charge in [-0.15, -0.1) is 0 Å². The zero-order valence-corrected chi connectivity index (χ0v) is 14.7. The maximum atomic E-state index is 13.0. The van der Waals surface area contributed by atoms with Crippen molar-refractivity contribution in [2.24, 2.45) is 0 Å². The number of pyridine rings is 1. The Hall–Kier alpha value is -3.21. The number of carbonyl (C=O) groups excluding carboxylic acids is 1. The van der Waals surface area contributed by atoms with E-state index in [2.05, 4.69) is 4.98 Å². The van der Waals surface area contributed by atoms with Gasteiger partial charge in [-0.1, -0.05) is 0 Å². The van der Waals surface area contributed by atoms with Crippen LogP contribution in [0.5, 0.6) is 11.5 Å². The summed E-state index contributed by atoms with van der Waals surface area (Å²) in [4.78, 5) is 18.9. The van der Waals surface area contributed by atoms with Crippen LogP contribution in [0.15, 0.2) is 73.1 Å². The second-order valence-electron chi connectivity index (χ2n) is 6.52. The van der Waals surface area contributed by atoms with Gasteiger partial charge < -0.3 is 9.64 Å². The lowest BCUT2D eigenvalue weighted by Crippen LogP contribution is -2.30. The Kier molecular flexibility index (Phi) is 4.83. The summed E-state index contributed by atoms with van der Waals surface area (Å²) in [5.41, 5.74) is 1.74. The fraction of sp³-hybridized carbons (Fsp3) is 0.182. The molecule has 1 aliphatic heterocycles. The Bertz CT molecular complexity index is 911. The Morgan fingerprint density at radius 2 is 1.59 bits per heavy atom. The molecular formula is C22H19FN2O2. The molecule has 136 valence electrons. The van der Waals surface area contributed by atoms with Crippen molar-refractivity contribution in [1.29, 1.82) is 0 Å². The van der Waals surface area contributed by atoms with Crippen molar-refractivity contribution in [2.45, 2.75) is 18.9 Å². The molecule has 0 spiro atoms. The van der Waals surface area contributed by atoms with Crippen molar-refractivity contribution in [3.8, 4) is 11.5 Å². The van der Waals surface area contributed by atoms with Crippen LogP contribution in [-0.2, 0) is 0 Å². The third-order valence-corrected chi connectivity index (χ3v) is 4.76. The fourth-order valence-corrected chi connectivity index (χ4v) is 3.41. The molecule has 0 N–H and O–H groups in total. The molecule has 2 aromatic carbocycles. The standard InChI is InChI=1S/C22H19FN2O2/c23-18-5-9-20(10-6-18)27-19-7-3-17(4-8-19)22(26)25-15-1-2-21(25)16-11-13-24-14-12-16/h3-14,21H,1-2,15H2. The van der Waals surface area contributed by atoms with Gasteiger partial charge >= 0.3 is 0 Å². The van der Waals surface area contributed by atoms with Gasteiger partial charge in [-0.2, -0.15) is 0 Å². The molecule has 0 aliphatic carbocycles. The van der Waals surface area contributed by atoms with Gasteiger partial charge in [0.15, 0.2) is 0 Å². The lowest BCUT2D eigenvalue weighted by molar-refractivity contribution is 0.0735. The van der Waals surface area contributed by atoms with Crippen molar-refractivity contribution in [3.05, 3.63) is 90.0 Å². The highest BCUT2D eigenvalue weighted by molar-refractivity contribution is 5.94. The van der Waals surface area contributed by atoms with Gasteiger partial charge in [0, 0.05) is 24.5 Å². The third kappa shape index (κ3) is 3.82. The Labute approximate surface area is 157 Å². The summed E-state index contributed by atoms with van der Waals surface area (Å²) in [5.74, 6) is 0.860. The minimum Gasteiger partial charge on any atom is -0.457 e. The van der Waals surface area contributed by atoms with Crippen molar-refractivity contribution in [1.82, 2.24) is 9.88 Å². The zero-order chi connectivity index (χ0) is 18.6. The molecule has 4 nitrogen and oxygen atoms in total. The molecule has 27 heavy (non-hydrogen) atoms. The van der Waals surface area contributed by atoms with E-state index in [1.165, 1.54) is 12.1 Å². The van der Waals surface area contributed by atoms with E-state index >= 15 is 0 Å². The van der Waals surface area contributed by atoms with E-state index in [1.54, 1.807) is 48.8 Å². The van der Waals surface area contributed by atoms with Gasteiger partial charge in [0.2, 0.25) is 0 Å². The number of carbonyl (C=O) groups is 1. The Morgan fingerprint density at radius 1 is 0.963 bits per heavy atom. The summed E-state index contributed by atoms with van der Waals surface area (Å²) in [5, 5.41) is 0. The average molecular weight is 362 g/mol. The normalized spacial score (nSPS) is 16.3. The van der Waals surface area contributed by atoms with Gasteiger partial charge in [-0.3, -0.25) is 9.78 Å². The quantitative estimate of drug-likeness (QED) is 0.657. The van der Waals surface area contributed by atoms with Crippen LogP contribution in [0.1, 0.15) is 34.8 Å². The molecule has 2 heterocycles. The molecule has 0 radical (unpaired) electrons. The minimum atomic E-state index is -0.308. The summed E-state index contributed by atoms with van der Waals surface area (Å²) >= 11 is 0. The number of hydrogen-bond acceptors (Lipinski definition) is 3. The monoisotopic (exact) mass is 362 g/mol. The highest BCUT2D eigenvalue weighted by Crippen LogP contribution is 2.33. The van der Waals surface area contributed by atoms with Crippen LogP contribution >= 0.6 is 0 Å². The van der Waals surface area contributed by atoms with Crippen LogP contribution in [0.4, 0.5) is 4.39 Å². The number of ether oxygens (including phenoxy) is 1. The fourth-order valence-electron chi connectivity index (χ4n) is 3.41. The predicted octanol–water partition coefficient (Wildman–Crippen LogP) is 4.99. The van der Waals surface area contributed by atoms with Gasteiger partial charge in [0.1, 0.15) is 17.3 Å². The molecule has 0 bridgehead atoms. The second-order valence-corrected chi connectivity index (χ2v) is 6.52. The largest absolute Gasteiger partial charge is 0.457 e. The third-order valence-electron chi connectivity index (χ3n) is 4.76. The second kappa shape index (κ2) is 7.58. The van der Waals surface area contributed by atoms with Crippen LogP contribution < -0.4 is 4.74 Å². The predicted molar refractivity (Wildman–Crippen MR) is 100 cm³/mol. The number of benzene rings is 2. The van der Waals surface area contributed by atoms with Crippen LogP contribution in [-0.4, -0.2) is 22.3 Å². The van der Waals surface area contributed by atoms with Crippen LogP contribution in [0, 0.1) is 5.82 Å². The number of nitrogens with zero attached hydrogens (tertiary/aromatic N) is 2. The number of aromatic nitrogens is 1. The molecule has 4 rings (SSSR count). The van der Waals surface area contributed by atoms with Crippen molar-refractivity contribution >= 4 is 5.91 Å². The first-order valence-corrected chi connectivity index (χ1v) is 8.95. The number of amides is 1. The van der Waals surface area contributed by atoms with Crippen LogP contribution in [0.2, 0.25) is 0 Å². The molecular weight excluding hydrogens is 343 g/mol. The Balaban J connectivity index is 1.48. The molecule has 1 unspecified atom stereocenters. The number of likely N-dealkylation sites (tertiary alicyclic amines) is 1. The van der Waals surface area contributed by atoms with E-state index in [4.69, 9.17) is 4.74 Å². The molecule has 1 aliphatic rings. The molecule has 5 heteroatoms. The summed E-state index contributed by atoms with van der Waals surface area (Å²) < 4.78 is 18.7. The zero-order valence-electron chi connectivity index (χ0n) is 14.7. The maximum Gasteiger partial charge on any atom is 0.254 e. The summed E-state index contributed by atoms with van der Waals surface area (Å²) in [7, 11) is 0. The van der Waals surface area contributed by atoms with E-state index in [0.717, 1.165) is 24.9 Å². The molecule has 1 atom stereocenters. The van der Waals surface area contributed by atoms with Crippen LogP contribution in [0.25, 0.3) is 0 Å². The molecule has 1 fully saturated rings. The van der Waals surface area contributed by atoms with Crippen molar-refractivity contribution in [2.75, 3.05) is 6.54 Å². The highest BCUT2D eigenvalue weighted by Gasteiger charge is 2.30. The summed E-state index contributed by atoms with van der Waals surface area (Å²) in [6.45, 7) is 0.750. The molecule has 0 saturated carbocycles. The first kappa shape index (κ1) is 17.2. The van der Waals surface area contributed by atoms with Gasteiger partial charge in [-0.25, -0.2) is 4.39 Å². The lowest BCUT2D eigenvalue weighted by Gasteiger charge is -2.25. The van der Waals surface area contributed by atoms with Crippen molar-refractivity contribution < 1.29 is 13.9 Å². The van der Waals surface area contributed by atoms with Gasteiger partial charge in [-0.05, 0) is 79.1 Å². The Morgan fingerprint density at radius 3 is 2.26 bits per heavy atom. The van der Waals surface area contributed by atoms with Gasteiger partial charge in [0.05, 0.1) is 6.04 Å². The van der Waals surface area contributed by atoms with E-state index in [9.17, 15) is 9.18 Å². The number of rotatable bonds is 4. The minimum absolute atomic E-state index is 0.0163. The van der Waals surface area contributed by atoms with E-state index < -0.39 is 0 Å². The summed E-state index contributed by atoms with van der Waals surface area (Å²) in [6.07, 6.45) is 5.47. The van der Waals surface area contributed by atoms with Crippen molar-refractivity contribution in [3.63, 3.8) is 0 Å². The number of hydrogen-bond donors (Lipinski definition) is 0. The van der Waals surface area contributed by atoms with E-state index in [1.807, 2.05) is 17.0 Å². The summed E-state index contributed by atoms with van der Waals surface area (Å²) in [6, 6.07) is 16.9. The van der Waals surface area contributed by atoms with Crippen LogP contribution in [0.3, 0.4) is 0 Å².